The number of nitrogens with zero attached hydrogens (tertiary/aromatic N) is 4. The van der Waals surface area contributed by atoms with E-state index in [0.717, 1.165) is 47.6 Å². The highest BCUT2D eigenvalue weighted by Gasteiger charge is 2.22. The summed E-state index contributed by atoms with van der Waals surface area (Å²) in [6.07, 6.45) is 10.3. The standard InChI is InChI=1S/C13H14N6/c14-9-2-1-3-10-12(9)18-13(17-10)8-6-16-19-5-4-15-7-11(8)19/h4-7,9H,1-3,14H2,(H,17,18). The SMILES string of the molecule is NC1CCCc2[nH]c(-c3cnn4ccncc34)nc21. The molecule has 0 aliphatic heterocycles. The second kappa shape index (κ2) is 3.89. The number of hydrogen-bond acceptors (Lipinski definition) is 4. The molecule has 1 aliphatic carbocycles. The lowest BCUT2D eigenvalue weighted by Gasteiger charge is -2.15. The van der Waals surface area contributed by atoms with Crippen molar-refractivity contribution in [2.45, 2.75) is 25.3 Å². The maximum atomic E-state index is 6.11. The molecular weight excluding hydrogens is 240 g/mol. The van der Waals surface area contributed by atoms with Gasteiger partial charge in [-0.15, -0.1) is 0 Å². The fourth-order valence-electron chi connectivity index (χ4n) is 2.70. The molecule has 0 saturated heterocycles. The molecule has 3 N–H and O–H groups in total. The number of H-pyrrole nitrogens is 1. The zero-order chi connectivity index (χ0) is 12.8. The molecule has 1 aliphatic rings. The van der Waals surface area contributed by atoms with Crippen molar-refractivity contribution in [2.75, 3.05) is 0 Å². The van der Waals surface area contributed by atoms with Gasteiger partial charge in [0.1, 0.15) is 5.82 Å². The van der Waals surface area contributed by atoms with Crippen LogP contribution in [0, 0.1) is 0 Å². The molecule has 1 unspecified atom stereocenters. The Kier molecular flexibility index (Phi) is 2.19. The summed E-state index contributed by atoms with van der Waals surface area (Å²) < 4.78 is 1.80. The topological polar surface area (TPSA) is 84.9 Å². The number of imidazole rings is 1. The molecule has 4 rings (SSSR count). The molecule has 6 nitrogen and oxygen atoms in total. The molecule has 0 fully saturated rings. The number of aromatic amines is 1. The number of hydrogen-bond donors (Lipinski definition) is 2. The number of nitrogens with one attached hydrogen (secondary N) is 1. The summed E-state index contributed by atoms with van der Waals surface area (Å²) in [5.74, 6) is 0.838. The van der Waals surface area contributed by atoms with Gasteiger partial charge in [-0.05, 0) is 19.3 Å². The first-order valence-corrected chi connectivity index (χ1v) is 6.45. The smallest absolute Gasteiger partial charge is 0.141 e. The Morgan fingerprint density at radius 1 is 1.37 bits per heavy atom. The molecule has 0 bridgehead atoms. The van der Waals surface area contributed by atoms with Gasteiger partial charge in [0.25, 0.3) is 0 Å². The lowest BCUT2D eigenvalue weighted by atomic mass is 9.97. The van der Waals surface area contributed by atoms with Gasteiger partial charge < -0.3 is 10.7 Å². The van der Waals surface area contributed by atoms with E-state index in [1.54, 1.807) is 16.9 Å². The van der Waals surface area contributed by atoms with Crippen molar-refractivity contribution < 1.29 is 0 Å². The minimum Gasteiger partial charge on any atom is -0.341 e. The Morgan fingerprint density at radius 3 is 3.21 bits per heavy atom. The molecule has 0 aromatic carbocycles. The van der Waals surface area contributed by atoms with Crippen molar-refractivity contribution in [3.8, 4) is 11.4 Å². The normalized spacial score (nSPS) is 18.7. The first kappa shape index (κ1) is 10.7. The van der Waals surface area contributed by atoms with Gasteiger partial charge >= 0.3 is 0 Å². The van der Waals surface area contributed by atoms with Gasteiger partial charge in [-0.25, -0.2) is 9.50 Å². The predicted molar refractivity (Wildman–Crippen MR) is 70.4 cm³/mol. The highest BCUT2D eigenvalue weighted by molar-refractivity contribution is 5.75. The van der Waals surface area contributed by atoms with Crippen LogP contribution in [-0.2, 0) is 6.42 Å². The third kappa shape index (κ3) is 1.57. The lowest BCUT2D eigenvalue weighted by molar-refractivity contribution is 0.555. The van der Waals surface area contributed by atoms with Crippen LogP contribution in [0.15, 0.2) is 24.8 Å². The van der Waals surface area contributed by atoms with E-state index in [-0.39, 0.29) is 6.04 Å². The maximum absolute atomic E-state index is 6.11. The second-order valence-corrected chi connectivity index (χ2v) is 4.91. The van der Waals surface area contributed by atoms with E-state index in [2.05, 4.69) is 20.1 Å². The quantitative estimate of drug-likeness (QED) is 0.688. The van der Waals surface area contributed by atoms with Crippen molar-refractivity contribution in [3.63, 3.8) is 0 Å². The van der Waals surface area contributed by atoms with Gasteiger partial charge in [0.2, 0.25) is 0 Å². The zero-order valence-electron chi connectivity index (χ0n) is 10.4. The van der Waals surface area contributed by atoms with Crippen molar-refractivity contribution in [3.05, 3.63) is 36.2 Å². The van der Waals surface area contributed by atoms with E-state index in [0.29, 0.717) is 0 Å². The van der Waals surface area contributed by atoms with Gasteiger partial charge in [-0.3, -0.25) is 4.98 Å². The summed E-state index contributed by atoms with van der Waals surface area (Å²) in [6, 6.07) is 0.0497. The van der Waals surface area contributed by atoms with Crippen LogP contribution in [0.2, 0.25) is 0 Å². The first-order valence-electron chi connectivity index (χ1n) is 6.45. The van der Waals surface area contributed by atoms with E-state index < -0.39 is 0 Å². The van der Waals surface area contributed by atoms with Crippen molar-refractivity contribution in [1.29, 1.82) is 0 Å². The lowest BCUT2D eigenvalue weighted by Crippen LogP contribution is -2.17. The van der Waals surface area contributed by atoms with E-state index in [1.807, 2.05) is 12.4 Å². The molecule has 3 aromatic heterocycles. The predicted octanol–water partition coefficient (Wildman–Crippen LogP) is 1.46. The van der Waals surface area contributed by atoms with Gasteiger partial charge in [0, 0.05) is 24.1 Å². The second-order valence-electron chi connectivity index (χ2n) is 4.91. The van der Waals surface area contributed by atoms with Crippen molar-refractivity contribution in [1.82, 2.24) is 24.6 Å². The summed E-state index contributed by atoms with van der Waals surface area (Å²) in [5, 5.41) is 4.31. The molecule has 96 valence electrons. The van der Waals surface area contributed by atoms with Crippen LogP contribution in [0.5, 0.6) is 0 Å². The average molecular weight is 254 g/mol. The number of nitrogens with two attached hydrogens (primary N) is 1. The fraction of sp³-hybridized carbons (Fsp3) is 0.308. The molecular formula is C13H14N6. The Labute approximate surface area is 109 Å². The molecule has 1 atom stereocenters. The molecule has 3 heterocycles. The Hall–Kier alpha value is -2.21. The Balaban J connectivity index is 1.89. The van der Waals surface area contributed by atoms with Crippen molar-refractivity contribution >= 4 is 5.52 Å². The number of rotatable bonds is 1. The first-order chi connectivity index (χ1) is 9.33. The largest absolute Gasteiger partial charge is 0.341 e. The third-order valence-electron chi connectivity index (χ3n) is 3.68. The van der Waals surface area contributed by atoms with E-state index in [9.17, 15) is 0 Å². The van der Waals surface area contributed by atoms with Crippen LogP contribution in [0.1, 0.15) is 30.3 Å². The summed E-state index contributed by atoms with van der Waals surface area (Å²) in [5.41, 5.74) is 10.2. The Morgan fingerprint density at radius 2 is 2.32 bits per heavy atom. The minimum absolute atomic E-state index is 0.0497. The van der Waals surface area contributed by atoms with Gasteiger partial charge in [0.05, 0.1) is 29.2 Å². The van der Waals surface area contributed by atoms with Crippen LogP contribution >= 0.6 is 0 Å². The average Bonchev–Trinajstić information content (AvgIpc) is 3.02. The van der Waals surface area contributed by atoms with Crippen LogP contribution in [0.25, 0.3) is 16.9 Å². The molecule has 0 amide bonds. The summed E-state index contributed by atoms with van der Waals surface area (Å²) in [4.78, 5) is 12.2. The molecule has 0 radical (unpaired) electrons. The monoisotopic (exact) mass is 254 g/mol. The highest BCUT2D eigenvalue weighted by atomic mass is 15.2. The van der Waals surface area contributed by atoms with Gasteiger partial charge in [-0.2, -0.15) is 5.10 Å². The van der Waals surface area contributed by atoms with Crippen LogP contribution in [0.3, 0.4) is 0 Å². The molecule has 19 heavy (non-hydrogen) atoms. The van der Waals surface area contributed by atoms with Crippen LogP contribution < -0.4 is 5.73 Å². The number of aryl methyl sites for hydroxylation is 1. The fourth-order valence-corrected chi connectivity index (χ4v) is 2.70. The third-order valence-corrected chi connectivity index (χ3v) is 3.68. The van der Waals surface area contributed by atoms with Gasteiger partial charge in [-0.1, -0.05) is 0 Å². The van der Waals surface area contributed by atoms with E-state index in [1.165, 1.54) is 0 Å². The number of fused-ring (bicyclic) bond motifs is 2. The van der Waals surface area contributed by atoms with Crippen LogP contribution in [-0.4, -0.2) is 24.6 Å². The summed E-state index contributed by atoms with van der Waals surface area (Å²) in [6.45, 7) is 0. The number of aromatic nitrogens is 5. The van der Waals surface area contributed by atoms with E-state index >= 15 is 0 Å². The minimum atomic E-state index is 0.0497. The van der Waals surface area contributed by atoms with E-state index in [4.69, 9.17) is 5.73 Å². The Bertz CT molecular complexity index is 741. The highest BCUT2D eigenvalue weighted by Crippen LogP contribution is 2.30. The molecule has 0 saturated carbocycles. The van der Waals surface area contributed by atoms with Gasteiger partial charge in [0.15, 0.2) is 0 Å². The zero-order valence-corrected chi connectivity index (χ0v) is 10.4. The molecule has 3 aromatic rings. The summed E-state index contributed by atoms with van der Waals surface area (Å²) in [7, 11) is 0. The molecule has 6 heteroatoms. The summed E-state index contributed by atoms with van der Waals surface area (Å²) >= 11 is 0. The molecule has 0 spiro atoms. The van der Waals surface area contributed by atoms with Crippen molar-refractivity contribution in [2.24, 2.45) is 5.73 Å². The van der Waals surface area contributed by atoms with Crippen LogP contribution in [0.4, 0.5) is 0 Å². The maximum Gasteiger partial charge on any atom is 0.141 e.